The molecule has 0 saturated carbocycles. The molecule has 3 aromatic rings. The van der Waals surface area contributed by atoms with Crippen LogP contribution in [0.4, 0.5) is 0 Å². The Morgan fingerprint density at radius 2 is 1.95 bits per heavy atom. The van der Waals surface area contributed by atoms with Crippen molar-refractivity contribution in [1.82, 2.24) is 10.3 Å². The first-order valence-electron chi connectivity index (χ1n) is 6.86. The Morgan fingerprint density at radius 3 is 2.75 bits per heavy atom. The van der Waals surface area contributed by atoms with E-state index in [0.717, 1.165) is 17.2 Å². The molecule has 0 saturated heterocycles. The second-order valence-electron chi connectivity index (χ2n) is 5.07. The van der Waals surface area contributed by atoms with Crippen LogP contribution in [0.3, 0.4) is 0 Å². The molecule has 1 unspecified atom stereocenters. The van der Waals surface area contributed by atoms with Gasteiger partial charge in [0.25, 0.3) is 0 Å². The third-order valence-electron chi connectivity index (χ3n) is 3.49. The Kier molecular flexibility index (Phi) is 3.81. The van der Waals surface area contributed by atoms with Crippen molar-refractivity contribution in [1.29, 1.82) is 0 Å². The molecule has 2 nitrogen and oxygen atoms in total. The Bertz CT molecular complexity index is 712. The molecule has 3 heteroatoms. The van der Waals surface area contributed by atoms with Gasteiger partial charge in [0.15, 0.2) is 0 Å². The van der Waals surface area contributed by atoms with E-state index in [2.05, 4.69) is 65.1 Å². The molecule has 1 N–H and O–H groups in total. The summed E-state index contributed by atoms with van der Waals surface area (Å²) in [6, 6.07) is 15.3. The van der Waals surface area contributed by atoms with Crippen molar-refractivity contribution in [3.63, 3.8) is 0 Å². The van der Waals surface area contributed by atoms with E-state index in [4.69, 9.17) is 0 Å². The lowest BCUT2D eigenvalue weighted by Crippen LogP contribution is -2.18. The Hall–Kier alpha value is -1.71. The van der Waals surface area contributed by atoms with E-state index in [1.54, 1.807) is 11.3 Å². The van der Waals surface area contributed by atoms with Crippen LogP contribution in [0.15, 0.2) is 47.8 Å². The van der Waals surface area contributed by atoms with E-state index in [0.29, 0.717) is 0 Å². The molecule has 0 amide bonds. The minimum absolute atomic E-state index is 0.285. The summed E-state index contributed by atoms with van der Waals surface area (Å²) in [5.74, 6) is 0. The zero-order chi connectivity index (χ0) is 13.9. The normalized spacial score (nSPS) is 12.7. The number of fused-ring (bicyclic) bond motifs is 1. The highest BCUT2D eigenvalue weighted by Gasteiger charge is 2.09. The maximum atomic E-state index is 4.54. The predicted octanol–water partition coefficient (Wildman–Crippen LogP) is 4.46. The van der Waals surface area contributed by atoms with E-state index in [1.165, 1.54) is 16.3 Å². The van der Waals surface area contributed by atoms with Crippen molar-refractivity contribution >= 4 is 22.1 Å². The Morgan fingerprint density at radius 1 is 1.15 bits per heavy atom. The van der Waals surface area contributed by atoms with Crippen LogP contribution in [-0.2, 0) is 6.54 Å². The molecule has 3 rings (SSSR count). The summed E-state index contributed by atoms with van der Waals surface area (Å²) in [5, 5.41) is 9.45. The van der Waals surface area contributed by atoms with Gasteiger partial charge in [-0.15, -0.1) is 11.3 Å². The molecular formula is C17H18N2S. The second-order valence-corrected chi connectivity index (χ2v) is 5.96. The maximum absolute atomic E-state index is 4.54. The number of aromatic nitrogens is 1. The van der Waals surface area contributed by atoms with E-state index in [9.17, 15) is 0 Å². The van der Waals surface area contributed by atoms with Crippen LogP contribution in [0.25, 0.3) is 10.8 Å². The third-order valence-corrected chi connectivity index (χ3v) is 4.63. The van der Waals surface area contributed by atoms with Gasteiger partial charge in [-0.3, -0.25) is 0 Å². The molecule has 1 atom stereocenters. The fourth-order valence-corrected chi connectivity index (χ4v) is 3.20. The average molecular weight is 282 g/mol. The summed E-state index contributed by atoms with van der Waals surface area (Å²) >= 11 is 1.72. The monoisotopic (exact) mass is 282 g/mol. The van der Waals surface area contributed by atoms with E-state index >= 15 is 0 Å². The molecule has 0 aliphatic rings. The van der Waals surface area contributed by atoms with E-state index in [-0.39, 0.29) is 6.04 Å². The standard InChI is InChI=1S/C17H18N2S/c1-12-11-20-17(19-12)13(2)18-10-15-8-5-7-14-6-3-4-9-16(14)15/h3-9,11,13,18H,10H2,1-2H3. The van der Waals surface area contributed by atoms with Gasteiger partial charge in [0.1, 0.15) is 5.01 Å². The van der Waals surface area contributed by atoms with Gasteiger partial charge < -0.3 is 5.32 Å². The van der Waals surface area contributed by atoms with Crippen LogP contribution < -0.4 is 5.32 Å². The van der Waals surface area contributed by atoms with Gasteiger partial charge in [0.2, 0.25) is 0 Å². The molecule has 0 fully saturated rings. The first-order chi connectivity index (χ1) is 9.74. The maximum Gasteiger partial charge on any atom is 0.110 e. The topological polar surface area (TPSA) is 24.9 Å². The zero-order valence-corrected chi connectivity index (χ0v) is 12.6. The van der Waals surface area contributed by atoms with Gasteiger partial charge in [-0.25, -0.2) is 4.98 Å². The van der Waals surface area contributed by atoms with Crippen LogP contribution >= 0.6 is 11.3 Å². The molecule has 1 aromatic heterocycles. The lowest BCUT2D eigenvalue weighted by molar-refractivity contribution is 0.573. The number of thiazole rings is 1. The molecule has 0 bridgehead atoms. The minimum Gasteiger partial charge on any atom is -0.304 e. The number of rotatable bonds is 4. The first kappa shape index (κ1) is 13.3. The number of nitrogens with zero attached hydrogens (tertiary/aromatic N) is 1. The quantitative estimate of drug-likeness (QED) is 0.764. The molecule has 2 aromatic carbocycles. The molecule has 0 aliphatic heterocycles. The zero-order valence-electron chi connectivity index (χ0n) is 11.8. The second kappa shape index (κ2) is 5.73. The lowest BCUT2D eigenvalue weighted by atomic mass is 10.0. The molecule has 0 aliphatic carbocycles. The molecule has 1 heterocycles. The summed E-state index contributed by atoms with van der Waals surface area (Å²) in [6.07, 6.45) is 0. The predicted molar refractivity (Wildman–Crippen MR) is 86.1 cm³/mol. The highest BCUT2D eigenvalue weighted by atomic mass is 32.1. The minimum atomic E-state index is 0.285. The fraction of sp³-hybridized carbons (Fsp3) is 0.235. The summed E-state index contributed by atoms with van der Waals surface area (Å²) in [6.45, 7) is 5.07. The summed E-state index contributed by atoms with van der Waals surface area (Å²) in [5.41, 5.74) is 2.44. The lowest BCUT2D eigenvalue weighted by Gasteiger charge is -2.12. The van der Waals surface area contributed by atoms with Gasteiger partial charge in [-0.1, -0.05) is 42.5 Å². The van der Waals surface area contributed by atoms with Crippen LogP contribution in [0.5, 0.6) is 0 Å². The molecule has 20 heavy (non-hydrogen) atoms. The van der Waals surface area contributed by atoms with Crippen molar-refractivity contribution in [3.05, 3.63) is 64.1 Å². The highest BCUT2D eigenvalue weighted by Crippen LogP contribution is 2.21. The molecule has 0 spiro atoms. The van der Waals surface area contributed by atoms with Crippen molar-refractivity contribution < 1.29 is 0 Å². The summed E-state index contributed by atoms with van der Waals surface area (Å²) < 4.78 is 0. The molecule has 102 valence electrons. The van der Waals surface area contributed by atoms with Gasteiger partial charge in [-0.05, 0) is 30.2 Å². The van der Waals surface area contributed by atoms with Crippen LogP contribution in [0, 0.1) is 6.92 Å². The van der Waals surface area contributed by atoms with Crippen LogP contribution in [0.1, 0.15) is 29.2 Å². The molecular weight excluding hydrogens is 264 g/mol. The van der Waals surface area contributed by atoms with Crippen molar-refractivity contribution in [2.24, 2.45) is 0 Å². The highest BCUT2D eigenvalue weighted by molar-refractivity contribution is 7.09. The number of nitrogens with one attached hydrogen (secondary N) is 1. The van der Waals surface area contributed by atoms with Gasteiger partial charge in [0, 0.05) is 17.6 Å². The first-order valence-corrected chi connectivity index (χ1v) is 7.74. The number of benzene rings is 2. The number of hydrogen-bond acceptors (Lipinski definition) is 3. The van der Waals surface area contributed by atoms with Gasteiger partial charge in [-0.2, -0.15) is 0 Å². The van der Waals surface area contributed by atoms with Crippen LogP contribution in [0.2, 0.25) is 0 Å². The smallest absolute Gasteiger partial charge is 0.110 e. The Balaban J connectivity index is 1.77. The Labute approximate surface area is 123 Å². The largest absolute Gasteiger partial charge is 0.304 e. The van der Waals surface area contributed by atoms with Crippen molar-refractivity contribution in [3.8, 4) is 0 Å². The number of hydrogen-bond donors (Lipinski definition) is 1. The average Bonchev–Trinajstić information content (AvgIpc) is 2.91. The van der Waals surface area contributed by atoms with Crippen LogP contribution in [-0.4, -0.2) is 4.98 Å². The molecule has 0 radical (unpaired) electrons. The van der Waals surface area contributed by atoms with Gasteiger partial charge >= 0.3 is 0 Å². The number of aryl methyl sites for hydroxylation is 1. The van der Waals surface area contributed by atoms with E-state index < -0.39 is 0 Å². The van der Waals surface area contributed by atoms with Crippen molar-refractivity contribution in [2.45, 2.75) is 26.4 Å². The van der Waals surface area contributed by atoms with Crippen molar-refractivity contribution in [2.75, 3.05) is 0 Å². The summed E-state index contributed by atoms with van der Waals surface area (Å²) in [4.78, 5) is 4.54. The van der Waals surface area contributed by atoms with E-state index in [1.807, 2.05) is 6.92 Å². The summed E-state index contributed by atoms with van der Waals surface area (Å²) in [7, 11) is 0. The fourth-order valence-electron chi connectivity index (χ4n) is 2.37. The van der Waals surface area contributed by atoms with Gasteiger partial charge in [0.05, 0.1) is 6.04 Å². The SMILES string of the molecule is Cc1csc(C(C)NCc2cccc3ccccc23)n1. The third kappa shape index (κ3) is 2.74.